The van der Waals surface area contributed by atoms with Gasteiger partial charge < -0.3 is 15.5 Å². The Balaban J connectivity index is 2.98. The predicted molar refractivity (Wildman–Crippen MR) is 59.7 cm³/mol. The third-order valence-corrected chi connectivity index (χ3v) is 2.38. The van der Waals surface area contributed by atoms with Crippen LogP contribution in [0.5, 0.6) is 0 Å². The molecule has 1 rings (SSSR count). The number of aryl methyl sites for hydroxylation is 2. The molecule has 16 heavy (non-hydrogen) atoms. The van der Waals surface area contributed by atoms with Crippen LogP contribution in [0.3, 0.4) is 0 Å². The summed E-state index contributed by atoms with van der Waals surface area (Å²) in [6.45, 7) is 3.60. The fraction of sp³-hybridized carbons (Fsp3) is 0.600. The molecule has 0 aliphatic rings. The molecule has 0 radical (unpaired) electrons. The van der Waals surface area contributed by atoms with E-state index in [1.807, 2.05) is 6.92 Å². The van der Waals surface area contributed by atoms with Crippen LogP contribution in [0.4, 0.5) is 5.82 Å². The van der Waals surface area contributed by atoms with E-state index in [-0.39, 0.29) is 18.2 Å². The van der Waals surface area contributed by atoms with Gasteiger partial charge in [0.05, 0.1) is 5.69 Å². The van der Waals surface area contributed by atoms with E-state index in [0.717, 1.165) is 0 Å². The quantitative estimate of drug-likeness (QED) is 0.686. The first kappa shape index (κ1) is 12.5. The maximum absolute atomic E-state index is 11.1. The first-order valence-electron chi connectivity index (χ1n) is 5.11. The highest BCUT2D eigenvalue weighted by Crippen LogP contribution is 2.19. The molecule has 6 nitrogen and oxygen atoms in total. The number of rotatable bonds is 5. The zero-order valence-electron chi connectivity index (χ0n) is 9.69. The van der Waals surface area contributed by atoms with Crippen LogP contribution in [0, 0.1) is 6.92 Å². The molecule has 1 aromatic heterocycles. The summed E-state index contributed by atoms with van der Waals surface area (Å²) in [6, 6.07) is -0.00194. The SMILES string of the molecule is Cc1nn(C)c(NC(C)CCO)c1C(=O)O. The first-order chi connectivity index (χ1) is 7.47. The van der Waals surface area contributed by atoms with Crippen LogP contribution in [0.1, 0.15) is 29.4 Å². The number of carboxylic acids is 1. The number of aliphatic hydroxyl groups excluding tert-OH is 1. The van der Waals surface area contributed by atoms with Gasteiger partial charge in [0.1, 0.15) is 11.4 Å². The number of hydrogen-bond acceptors (Lipinski definition) is 4. The monoisotopic (exact) mass is 227 g/mol. The largest absolute Gasteiger partial charge is 0.477 e. The lowest BCUT2D eigenvalue weighted by atomic mass is 10.2. The second-order valence-corrected chi connectivity index (χ2v) is 3.80. The molecule has 0 saturated carbocycles. The second kappa shape index (κ2) is 4.98. The lowest BCUT2D eigenvalue weighted by molar-refractivity contribution is 0.0697. The van der Waals surface area contributed by atoms with Crippen molar-refractivity contribution in [2.75, 3.05) is 11.9 Å². The smallest absolute Gasteiger partial charge is 0.341 e. The van der Waals surface area contributed by atoms with Gasteiger partial charge >= 0.3 is 5.97 Å². The number of hydrogen-bond donors (Lipinski definition) is 3. The molecular weight excluding hydrogens is 210 g/mol. The van der Waals surface area contributed by atoms with Crippen molar-refractivity contribution < 1.29 is 15.0 Å². The van der Waals surface area contributed by atoms with Gasteiger partial charge in [-0.3, -0.25) is 4.68 Å². The van der Waals surface area contributed by atoms with E-state index in [2.05, 4.69) is 10.4 Å². The molecule has 1 heterocycles. The highest BCUT2D eigenvalue weighted by molar-refractivity contribution is 5.94. The van der Waals surface area contributed by atoms with Crippen molar-refractivity contribution in [2.45, 2.75) is 26.3 Å². The van der Waals surface area contributed by atoms with Gasteiger partial charge in [-0.15, -0.1) is 0 Å². The summed E-state index contributed by atoms with van der Waals surface area (Å²) in [4.78, 5) is 11.1. The molecule has 0 aliphatic heterocycles. The molecule has 0 amide bonds. The minimum absolute atomic E-state index is 0.00194. The van der Waals surface area contributed by atoms with E-state index in [4.69, 9.17) is 10.2 Å². The fourth-order valence-electron chi connectivity index (χ4n) is 1.58. The number of nitrogens with one attached hydrogen (secondary N) is 1. The van der Waals surface area contributed by atoms with Gasteiger partial charge in [-0.2, -0.15) is 5.10 Å². The topological polar surface area (TPSA) is 87.4 Å². The number of aromatic nitrogens is 2. The molecule has 1 aromatic rings. The second-order valence-electron chi connectivity index (χ2n) is 3.80. The van der Waals surface area contributed by atoms with Gasteiger partial charge in [-0.25, -0.2) is 4.79 Å². The number of nitrogens with zero attached hydrogens (tertiary/aromatic N) is 2. The standard InChI is InChI=1S/C10H17N3O3/c1-6(4-5-14)11-9-8(10(15)16)7(2)12-13(9)3/h6,11,14H,4-5H2,1-3H3,(H,15,16). The lowest BCUT2D eigenvalue weighted by Crippen LogP contribution is -2.20. The molecule has 0 saturated heterocycles. The van der Waals surface area contributed by atoms with E-state index in [0.29, 0.717) is 17.9 Å². The van der Waals surface area contributed by atoms with Crippen LogP contribution in [-0.4, -0.2) is 38.6 Å². The molecule has 0 fully saturated rings. The van der Waals surface area contributed by atoms with Gasteiger partial charge in [0.25, 0.3) is 0 Å². The van der Waals surface area contributed by atoms with Gasteiger partial charge in [-0.1, -0.05) is 0 Å². The Morgan fingerprint density at radius 2 is 2.25 bits per heavy atom. The van der Waals surface area contributed by atoms with Crippen LogP contribution in [0.2, 0.25) is 0 Å². The van der Waals surface area contributed by atoms with Crippen LogP contribution in [0.25, 0.3) is 0 Å². The molecule has 0 spiro atoms. The van der Waals surface area contributed by atoms with Gasteiger partial charge in [0, 0.05) is 19.7 Å². The van der Waals surface area contributed by atoms with E-state index in [1.54, 1.807) is 14.0 Å². The van der Waals surface area contributed by atoms with E-state index in [9.17, 15) is 4.79 Å². The summed E-state index contributed by atoms with van der Waals surface area (Å²) >= 11 is 0. The Labute approximate surface area is 93.9 Å². The molecular formula is C10H17N3O3. The Morgan fingerprint density at radius 3 is 2.75 bits per heavy atom. The van der Waals surface area contributed by atoms with Crippen molar-refractivity contribution in [3.63, 3.8) is 0 Å². The average molecular weight is 227 g/mol. The maximum Gasteiger partial charge on any atom is 0.341 e. The molecule has 0 bridgehead atoms. The molecule has 3 N–H and O–H groups in total. The van der Waals surface area contributed by atoms with E-state index in [1.165, 1.54) is 4.68 Å². The van der Waals surface area contributed by atoms with Crippen molar-refractivity contribution in [1.82, 2.24) is 9.78 Å². The van der Waals surface area contributed by atoms with Crippen LogP contribution < -0.4 is 5.32 Å². The average Bonchev–Trinajstić information content (AvgIpc) is 2.41. The van der Waals surface area contributed by atoms with E-state index >= 15 is 0 Å². The molecule has 90 valence electrons. The summed E-state index contributed by atoms with van der Waals surface area (Å²) in [7, 11) is 1.69. The van der Waals surface area contributed by atoms with Crippen molar-refractivity contribution in [2.24, 2.45) is 7.05 Å². The molecule has 6 heteroatoms. The van der Waals surface area contributed by atoms with Crippen molar-refractivity contribution >= 4 is 11.8 Å². The summed E-state index contributed by atoms with van der Waals surface area (Å²) < 4.78 is 1.51. The highest BCUT2D eigenvalue weighted by atomic mass is 16.4. The molecule has 0 aliphatic carbocycles. The molecule has 1 unspecified atom stereocenters. The summed E-state index contributed by atoms with van der Waals surface area (Å²) in [6.07, 6.45) is 0.559. The van der Waals surface area contributed by atoms with Crippen molar-refractivity contribution in [3.05, 3.63) is 11.3 Å². The first-order valence-corrected chi connectivity index (χ1v) is 5.11. The number of carbonyl (C=O) groups is 1. The normalized spacial score (nSPS) is 12.5. The summed E-state index contributed by atoms with van der Waals surface area (Å²) in [5.74, 6) is -0.518. The van der Waals surface area contributed by atoms with Gasteiger partial charge in [0.2, 0.25) is 0 Å². The predicted octanol–water partition coefficient (Wildman–Crippen LogP) is 0.610. The lowest BCUT2D eigenvalue weighted by Gasteiger charge is -2.14. The number of aliphatic hydroxyl groups is 1. The molecule has 1 atom stereocenters. The zero-order chi connectivity index (χ0) is 12.3. The zero-order valence-corrected chi connectivity index (χ0v) is 9.69. The summed E-state index contributed by atoms with van der Waals surface area (Å²) in [5.41, 5.74) is 0.668. The van der Waals surface area contributed by atoms with Crippen LogP contribution in [0.15, 0.2) is 0 Å². The Hall–Kier alpha value is -1.56. The minimum Gasteiger partial charge on any atom is -0.477 e. The van der Waals surface area contributed by atoms with Crippen LogP contribution >= 0.6 is 0 Å². The Morgan fingerprint density at radius 1 is 1.62 bits per heavy atom. The van der Waals surface area contributed by atoms with Gasteiger partial charge in [0.15, 0.2) is 0 Å². The third-order valence-electron chi connectivity index (χ3n) is 2.38. The Kier molecular flexibility index (Phi) is 3.89. The van der Waals surface area contributed by atoms with Crippen LogP contribution in [-0.2, 0) is 7.05 Å². The fourth-order valence-corrected chi connectivity index (χ4v) is 1.58. The third kappa shape index (κ3) is 2.52. The number of aromatic carboxylic acids is 1. The number of anilines is 1. The number of carboxylic acid groups (broad SMARTS) is 1. The van der Waals surface area contributed by atoms with Crippen molar-refractivity contribution in [1.29, 1.82) is 0 Å². The van der Waals surface area contributed by atoms with Gasteiger partial charge in [-0.05, 0) is 20.3 Å². The van der Waals surface area contributed by atoms with E-state index < -0.39 is 5.97 Å². The minimum atomic E-state index is -0.996. The highest BCUT2D eigenvalue weighted by Gasteiger charge is 2.20. The summed E-state index contributed by atoms with van der Waals surface area (Å²) in [5, 5.41) is 24.9. The van der Waals surface area contributed by atoms with Crippen molar-refractivity contribution in [3.8, 4) is 0 Å². The molecule has 0 aromatic carbocycles. The Bertz CT molecular complexity index is 387. The maximum atomic E-state index is 11.1.